The van der Waals surface area contributed by atoms with E-state index >= 15 is 0 Å². The van der Waals surface area contributed by atoms with Crippen LogP contribution in [0, 0.1) is 11.8 Å². The van der Waals surface area contributed by atoms with Gasteiger partial charge in [0, 0.05) is 12.1 Å². The van der Waals surface area contributed by atoms with Crippen molar-refractivity contribution in [2.24, 2.45) is 17.6 Å². The summed E-state index contributed by atoms with van der Waals surface area (Å²) in [5.74, 6) is 1.39. The highest BCUT2D eigenvalue weighted by atomic mass is 32.2. The lowest BCUT2D eigenvalue weighted by molar-refractivity contribution is 0.217. The van der Waals surface area contributed by atoms with Crippen LogP contribution < -0.4 is 10.5 Å². The number of sulfonamides is 1. The van der Waals surface area contributed by atoms with Crippen LogP contribution >= 0.6 is 0 Å². The molecule has 0 aromatic heterocycles. The third-order valence-electron chi connectivity index (χ3n) is 5.58. The Kier molecular flexibility index (Phi) is 6.09. The molecule has 0 aromatic carbocycles. The summed E-state index contributed by atoms with van der Waals surface area (Å²) in [6, 6.07) is 0. The van der Waals surface area contributed by atoms with Gasteiger partial charge in [-0.15, -0.1) is 0 Å². The molecule has 5 heteroatoms. The molecule has 0 amide bonds. The lowest BCUT2D eigenvalue weighted by Gasteiger charge is -2.40. The largest absolute Gasteiger partial charge is 0.329 e. The molecular formula is C16H32N2O2S. The summed E-state index contributed by atoms with van der Waals surface area (Å²) in [5.41, 5.74) is 5.56. The zero-order chi connectivity index (χ0) is 15.3. The maximum atomic E-state index is 12.5. The summed E-state index contributed by atoms with van der Waals surface area (Å²) >= 11 is 0. The first-order valence-electron chi connectivity index (χ1n) is 8.70. The van der Waals surface area contributed by atoms with Gasteiger partial charge in [-0.05, 0) is 50.4 Å². The molecule has 21 heavy (non-hydrogen) atoms. The number of nitrogens with two attached hydrogens (primary N) is 1. The zero-order valence-corrected chi connectivity index (χ0v) is 14.3. The predicted molar refractivity (Wildman–Crippen MR) is 87.5 cm³/mol. The molecule has 3 N–H and O–H groups in total. The number of rotatable bonds is 6. The van der Waals surface area contributed by atoms with Crippen LogP contribution in [-0.2, 0) is 10.0 Å². The molecule has 2 aliphatic rings. The molecule has 4 nitrogen and oxygen atoms in total. The molecule has 0 bridgehead atoms. The average molecular weight is 317 g/mol. The molecule has 2 aliphatic carbocycles. The number of nitrogens with one attached hydrogen (secondary N) is 1. The van der Waals surface area contributed by atoms with Gasteiger partial charge < -0.3 is 5.73 Å². The normalized spacial score (nSPS) is 32.2. The molecule has 0 spiro atoms. The molecule has 0 radical (unpaired) electrons. The SMILES string of the molecule is CCC1CCC(CN)(NS(=O)(=O)CC2CCCCC2)CC1. The van der Waals surface area contributed by atoms with E-state index in [0.717, 1.165) is 44.4 Å². The summed E-state index contributed by atoms with van der Waals surface area (Å²) in [7, 11) is -3.21. The van der Waals surface area contributed by atoms with Gasteiger partial charge >= 0.3 is 0 Å². The minimum absolute atomic E-state index is 0.298. The first-order valence-corrected chi connectivity index (χ1v) is 10.4. The van der Waals surface area contributed by atoms with Gasteiger partial charge in [0.25, 0.3) is 0 Å². The molecule has 0 unspecified atom stereocenters. The van der Waals surface area contributed by atoms with Crippen molar-refractivity contribution in [2.45, 2.75) is 76.7 Å². The lowest BCUT2D eigenvalue weighted by atomic mass is 9.76. The van der Waals surface area contributed by atoms with Crippen LogP contribution in [0.4, 0.5) is 0 Å². The third kappa shape index (κ3) is 4.93. The van der Waals surface area contributed by atoms with Gasteiger partial charge in [0.05, 0.1) is 5.75 Å². The second-order valence-corrected chi connectivity index (χ2v) is 8.99. The van der Waals surface area contributed by atoms with Crippen LogP contribution in [0.15, 0.2) is 0 Å². The van der Waals surface area contributed by atoms with E-state index in [1.165, 1.54) is 25.7 Å². The Morgan fingerprint density at radius 1 is 1.05 bits per heavy atom. The van der Waals surface area contributed by atoms with Crippen LogP contribution in [-0.4, -0.2) is 26.3 Å². The lowest BCUT2D eigenvalue weighted by Crippen LogP contribution is -2.56. The van der Waals surface area contributed by atoms with E-state index in [9.17, 15) is 8.42 Å². The van der Waals surface area contributed by atoms with Crippen molar-refractivity contribution in [3.05, 3.63) is 0 Å². The van der Waals surface area contributed by atoms with Crippen molar-refractivity contribution in [1.82, 2.24) is 4.72 Å². The van der Waals surface area contributed by atoms with Crippen LogP contribution in [0.3, 0.4) is 0 Å². The smallest absolute Gasteiger partial charge is 0.212 e. The van der Waals surface area contributed by atoms with E-state index in [2.05, 4.69) is 11.6 Å². The minimum atomic E-state index is -3.21. The summed E-state index contributed by atoms with van der Waals surface area (Å²) in [6.07, 6.45) is 10.9. The molecule has 0 aromatic rings. The molecule has 0 atom stereocenters. The standard InChI is InChI=1S/C16H32N2O2S/c1-2-14-8-10-16(13-17,11-9-14)18-21(19,20)12-15-6-4-3-5-7-15/h14-15,18H,2-13,17H2,1H3. The van der Waals surface area contributed by atoms with E-state index in [1.54, 1.807) is 0 Å². The first kappa shape index (κ1) is 17.2. The Bertz CT molecular complexity index is 408. The van der Waals surface area contributed by atoms with Crippen molar-refractivity contribution >= 4 is 10.0 Å². The van der Waals surface area contributed by atoms with Crippen molar-refractivity contribution < 1.29 is 8.42 Å². The van der Waals surface area contributed by atoms with Crippen LogP contribution in [0.2, 0.25) is 0 Å². The number of hydrogen-bond donors (Lipinski definition) is 2. The van der Waals surface area contributed by atoms with E-state index in [1.807, 2.05) is 0 Å². The van der Waals surface area contributed by atoms with Gasteiger partial charge in [0.15, 0.2) is 0 Å². The molecule has 124 valence electrons. The predicted octanol–water partition coefficient (Wildman–Crippen LogP) is 2.78. The molecule has 2 fully saturated rings. The fraction of sp³-hybridized carbons (Fsp3) is 1.00. The second kappa shape index (κ2) is 7.42. The highest BCUT2D eigenvalue weighted by Crippen LogP contribution is 2.34. The molecule has 2 saturated carbocycles. The van der Waals surface area contributed by atoms with Gasteiger partial charge in [-0.2, -0.15) is 0 Å². The Balaban J connectivity index is 1.93. The highest BCUT2D eigenvalue weighted by molar-refractivity contribution is 7.89. The van der Waals surface area contributed by atoms with Crippen LogP contribution in [0.5, 0.6) is 0 Å². The minimum Gasteiger partial charge on any atom is -0.329 e. The summed E-state index contributed by atoms with van der Waals surface area (Å²) in [5, 5.41) is 0. The quantitative estimate of drug-likeness (QED) is 0.791. The van der Waals surface area contributed by atoms with Crippen molar-refractivity contribution in [3.8, 4) is 0 Å². The van der Waals surface area contributed by atoms with Gasteiger partial charge in [0.2, 0.25) is 10.0 Å². The fourth-order valence-corrected chi connectivity index (χ4v) is 6.01. The Labute approximate surface area is 130 Å². The molecule has 0 saturated heterocycles. The van der Waals surface area contributed by atoms with Crippen molar-refractivity contribution in [3.63, 3.8) is 0 Å². The molecular weight excluding hydrogens is 284 g/mol. The monoisotopic (exact) mass is 316 g/mol. The van der Waals surface area contributed by atoms with Crippen molar-refractivity contribution in [2.75, 3.05) is 12.3 Å². The second-order valence-electron chi connectivity index (χ2n) is 7.22. The van der Waals surface area contributed by atoms with E-state index in [-0.39, 0.29) is 5.54 Å². The Hall–Kier alpha value is -0.130. The topological polar surface area (TPSA) is 72.2 Å². The van der Waals surface area contributed by atoms with E-state index in [4.69, 9.17) is 5.73 Å². The van der Waals surface area contributed by atoms with Gasteiger partial charge in [-0.3, -0.25) is 0 Å². The summed E-state index contributed by atoms with van der Waals surface area (Å²) < 4.78 is 28.0. The fourth-order valence-electron chi connectivity index (χ4n) is 4.02. The third-order valence-corrected chi connectivity index (χ3v) is 7.24. The summed E-state index contributed by atoms with van der Waals surface area (Å²) in [6.45, 7) is 2.64. The zero-order valence-electron chi connectivity index (χ0n) is 13.4. The maximum absolute atomic E-state index is 12.5. The van der Waals surface area contributed by atoms with E-state index < -0.39 is 10.0 Å². The summed E-state index contributed by atoms with van der Waals surface area (Å²) in [4.78, 5) is 0. The Morgan fingerprint density at radius 2 is 1.67 bits per heavy atom. The van der Waals surface area contributed by atoms with Gasteiger partial charge in [-0.25, -0.2) is 13.1 Å². The van der Waals surface area contributed by atoms with E-state index in [0.29, 0.717) is 18.2 Å². The van der Waals surface area contributed by atoms with Crippen LogP contribution in [0.1, 0.15) is 71.1 Å². The van der Waals surface area contributed by atoms with Gasteiger partial charge in [0.1, 0.15) is 0 Å². The van der Waals surface area contributed by atoms with Crippen LogP contribution in [0.25, 0.3) is 0 Å². The molecule has 2 rings (SSSR count). The maximum Gasteiger partial charge on any atom is 0.212 e. The number of hydrogen-bond acceptors (Lipinski definition) is 3. The average Bonchev–Trinajstić information content (AvgIpc) is 2.48. The van der Waals surface area contributed by atoms with Crippen molar-refractivity contribution in [1.29, 1.82) is 0 Å². The first-order chi connectivity index (χ1) is 9.99. The molecule has 0 aliphatic heterocycles. The Morgan fingerprint density at radius 3 is 2.19 bits per heavy atom. The van der Waals surface area contributed by atoms with Gasteiger partial charge in [-0.1, -0.05) is 32.6 Å². The highest BCUT2D eigenvalue weighted by Gasteiger charge is 2.37. The molecule has 0 heterocycles.